The van der Waals surface area contributed by atoms with Crippen LogP contribution < -0.4 is 20.2 Å². The molecule has 0 aliphatic carbocycles. The van der Waals surface area contributed by atoms with Crippen molar-refractivity contribution >= 4 is 39.9 Å². The molecule has 11 heteroatoms. The van der Waals surface area contributed by atoms with Gasteiger partial charge in [0.25, 0.3) is 0 Å². The Labute approximate surface area is 267 Å². The molecule has 2 aromatic heterocycles. The van der Waals surface area contributed by atoms with E-state index in [1.165, 1.54) is 49.6 Å². The molecule has 4 aromatic carbocycles. The van der Waals surface area contributed by atoms with Gasteiger partial charge in [0.1, 0.15) is 36.0 Å². The highest BCUT2D eigenvalue weighted by molar-refractivity contribution is 5.89. The summed E-state index contributed by atoms with van der Waals surface area (Å²) < 4.78 is 27.0. The Morgan fingerprint density at radius 1 is 0.872 bits per heavy atom. The maximum Gasteiger partial charge on any atom is 0.408 e. The van der Waals surface area contributed by atoms with Crippen molar-refractivity contribution in [2.24, 2.45) is 0 Å². The zero-order valence-corrected chi connectivity index (χ0v) is 25.1. The van der Waals surface area contributed by atoms with Gasteiger partial charge < -0.3 is 33.7 Å². The molecule has 2 N–H and O–H groups in total. The first-order valence-electron chi connectivity index (χ1n) is 14.5. The topological polar surface area (TPSA) is 146 Å². The lowest BCUT2D eigenvalue weighted by atomic mass is 10.1. The van der Waals surface area contributed by atoms with Gasteiger partial charge in [-0.05, 0) is 53.6 Å². The third kappa shape index (κ3) is 7.15. The summed E-state index contributed by atoms with van der Waals surface area (Å²) in [7, 11) is 1.28. The lowest BCUT2D eigenvalue weighted by molar-refractivity contribution is -0.136. The van der Waals surface area contributed by atoms with Gasteiger partial charge in [0, 0.05) is 29.6 Å². The normalized spacial score (nSPS) is 11.5. The fourth-order valence-corrected chi connectivity index (χ4v) is 4.94. The van der Waals surface area contributed by atoms with Crippen molar-refractivity contribution in [3.05, 3.63) is 136 Å². The van der Waals surface area contributed by atoms with Crippen LogP contribution in [0.1, 0.15) is 21.5 Å². The van der Waals surface area contributed by atoms with E-state index in [0.717, 1.165) is 28.3 Å². The zero-order chi connectivity index (χ0) is 32.8. The number of hydrogen-bond donors (Lipinski definition) is 2. The quantitative estimate of drug-likeness (QED) is 0.131. The Bertz CT molecular complexity index is 2120. The summed E-state index contributed by atoms with van der Waals surface area (Å²) >= 11 is 0. The van der Waals surface area contributed by atoms with Crippen molar-refractivity contribution < 1.29 is 37.7 Å². The number of carbonyl (C=O) groups excluding carboxylic acids is 3. The summed E-state index contributed by atoms with van der Waals surface area (Å²) in [5.41, 5.74) is 2.49. The van der Waals surface area contributed by atoms with Crippen molar-refractivity contribution in [3.8, 4) is 17.2 Å². The third-order valence-electron chi connectivity index (χ3n) is 7.32. The number of rotatable bonds is 10. The molecule has 47 heavy (non-hydrogen) atoms. The van der Waals surface area contributed by atoms with Crippen molar-refractivity contribution in [3.63, 3.8) is 0 Å². The van der Waals surface area contributed by atoms with Gasteiger partial charge in [-0.25, -0.2) is 14.4 Å². The molecule has 0 bridgehead atoms. The molecular formula is C36H28N2O9. The monoisotopic (exact) mass is 632 g/mol. The maximum absolute atomic E-state index is 13.5. The molecule has 1 amide bonds. The molecule has 6 aromatic rings. The van der Waals surface area contributed by atoms with Gasteiger partial charge in [-0.1, -0.05) is 48.5 Å². The zero-order valence-electron chi connectivity index (χ0n) is 25.1. The van der Waals surface area contributed by atoms with Gasteiger partial charge >= 0.3 is 18.0 Å². The number of carbonyl (C=O) groups is 3. The Morgan fingerprint density at radius 2 is 1.62 bits per heavy atom. The Balaban J connectivity index is 1.18. The van der Waals surface area contributed by atoms with Crippen LogP contribution in [0, 0.1) is 0 Å². The smallest absolute Gasteiger partial charge is 0.408 e. The van der Waals surface area contributed by atoms with Crippen LogP contribution in [0.25, 0.3) is 21.9 Å². The number of methoxy groups -OCH3 is 1. The van der Waals surface area contributed by atoms with Crippen LogP contribution in [0.15, 0.2) is 119 Å². The van der Waals surface area contributed by atoms with Crippen LogP contribution in [0.3, 0.4) is 0 Å². The first-order chi connectivity index (χ1) is 22.9. The van der Waals surface area contributed by atoms with E-state index in [1.807, 2.05) is 54.6 Å². The number of aromatic nitrogens is 1. The molecule has 1 unspecified atom stereocenters. The summed E-state index contributed by atoms with van der Waals surface area (Å²) in [6, 6.07) is 26.0. The molecule has 236 valence electrons. The fraction of sp³-hybridized carbons (Fsp3) is 0.111. The second kappa shape index (κ2) is 13.7. The molecule has 0 saturated carbocycles. The molecule has 1 atom stereocenters. The number of para-hydroxylation sites is 1. The van der Waals surface area contributed by atoms with Gasteiger partial charge in [0.15, 0.2) is 0 Å². The first kappa shape index (κ1) is 30.7. The van der Waals surface area contributed by atoms with Crippen LogP contribution in [-0.2, 0) is 27.3 Å². The number of H-pyrrole nitrogens is 1. The number of aromatic amines is 1. The molecule has 6 rings (SSSR count). The van der Waals surface area contributed by atoms with Gasteiger partial charge in [0.2, 0.25) is 11.2 Å². The highest BCUT2D eigenvalue weighted by Gasteiger charge is 2.26. The average Bonchev–Trinajstić information content (AvgIpc) is 3.51. The number of fused-ring (bicyclic) bond motifs is 2. The molecule has 0 radical (unpaired) electrons. The van der Waals surface area contributed by atoms with Crippen LogP contribution in [0.4, 0.5) is 4.79 Å². The highest BCUT2D eigenvalue weighted by atomic mass is 16.6. The number of benzene rings is 4. The minimum atomic E-state index is -1.11. The molecule has 2 heterocycles. The Hall–Kier alpha value is -6.36. The van der Waals surface area contributed by atoms with E-state index < -0.39 is 29.5 Å². The van der Waals surface area contributed by atoms with E-state index in [9.17, 15) is 19.2 Å². The van der Waals surface area contributed by atoms with E-state index in [4.69, 9.17) is 18.6 Å². The third-order valence-corrected chi connectivity index (χ3v) is 7.32. The number of nitrogens with one attached hydrogen (secondary N) is 2. The van der Waals surface area contributed by atoms with Gasteiger partial charge in [0.05, 0.1) is 18.1 Å². The van der Waals surface area contributed by atoms with Crippen molar-refractivity contribution in [1.82, 2.24) is 10.3 Å². The Kier molecular flexibility index (Phi) is 8.96. The number of alkyl carbamates (subject to hydrolysis) is 1. The van der Waals surface area contributed by atoms with E-state index >= 15 is 0 Å². The van der Waals surface area contributed by atoms with E-state index in [0.29, 0.717) is 11.3 Å². The van der Waals surface area contributed by atoms with Crippen LogP contribution in [0.5, 0.6) is 17.2 Å². The summed E-state index contributed by atoms with van der Waals surface area (Å²) in [5, 5.41) is 3.72. The molecule has 0 aliphatic rings. The van der Waals surface area contributed by atoms with Crippen molar-refractivity contribution in [2.75, 3.05) is 7.11 Å². The molecular weight excluding hydrogens is 604 g/mol. The molecule has 11 nitrogen and oxygen atoms in total. The molecule has 0 saturated heterocycles. The summed E-state index contributed by atoms with van der Waals surface area (Å²) in [6.45, 7) is 0.0235. The molecule has 0 fully saturated rings. The first-order valence-corrected chi connectivity index (χ1v) is 14.5. The second-order valence-corrected chi connectivity index (χ2v) is 10.4. The summed E-state index contributed by atoms with van der Waals surface area (Å²) in [4.78, 5) is 54.2. The van der Waals surface area contributed by atoms with E-state index in [2.05, 4.69) is 15.0 Å². The number of amides is 1. The minimum Gasteiger partial charge on any atom is -0.465 e. The van der Waals surface area contributed by atoms with Crippen LogP contribution in [0.2, 0.25) is 0 Å². The fourth-order valence-electron chi connectivity index (χ4n) is 4.94. The van der Waals surface area contributed by atoms with Gasteiger partial charge in [-0.3, -0.25) is 4.79 Å². The largest absolute Gasteiger partial charge is 0.465 e. The van der Waals surface area contributed by atoms with Crippen LogP contribution in [-0.4, -0.2) is 36.2 Å². The van der Waals surface area contributed by atoms with E-state index in [1.54, 1.807) is 6.20 Å². The average molecular weight is 633 g/mol. The second-order valence-electron chi connectivity index (χ2n) is 10.4. The van der Waals surface area contributed by atoms with Crippen molar-refractivity contribution in [1.29, 1.82) is 0 Å². The predicted octanol–water partition coefficient (Wildman–Crippen LogP) is 6.30. The predicted molar refractivity (Wildman–Crippen MR) is 172 cm³/mol. The van der Waals surface area contributed by atoms with Crippen molar-refractivity contribution in [2.45, 2.75) is 19.1 Å². The van der Waals surface area contributed by atoms with E-state index in [-0.39, 0.29) is 35.5 Å². The summed E-state index contributed by atoms with van der Waals surface area (Å²) in [5.74, 6) is -0.914. The standard InChI is InChI=1S/C36H28N2O9/c1-43-34(40)23-11-13-25(14-12-23)46-32-21-44-31-18-26(15-16-28(31)33(32)39)47-35(41)30(17-24-19-37-29-10-6-5-9-27(24)29)38-36(42)45-20-22-7-3-2-4-8-22/h2-16,18-19,21,30,37H,17,20H2,1H3,(H,38,42). The lowest BCUT2D eigenvalue weighted by Crippen LogP contribution is -2.44. The number of hydrogen-bond acceptors (Lipinski definition) is 9. The summed E-state index contributed by atoms with van der Waals surface area (Å²) in [6.07, 6.45) is 2.26. The lowest BCUT2D eigenvalue weighted by Gasteiger charge is -2.17. The van der Waals surface area contributed by atoms with Gasteiger partial charge in [-0.15, -0.1) is 0 Å². The number of esters is 2. The number of ether oxygens (including phenoxy) is 4. The molecule has 0 spiro atoms. The minimum absolute atomic E-state index is 0.0235. The van der Waals surface area contributed by atoms with Crippen LogP contribution >= 0.6 is 0 Å². The maximum atomic E-state index is 13.5. The highest BCUT2D eigenvalue weighted by Crippen LogP contribution is 2.25. The van der Waals surface area contributed by atoms with Gasteiger partial charge in [-0.2, -0.15) is 0 Å². The molecule has 0 aliphatic heterocycles. The Morgan fingerprint density at radius 3 is 2.40 bits per heavy atom. The SMILES string of the molecule is COC(=O)c1ccc(Oc2coc3cc(OC(=O)C(Cc4c[nH]c5ccccc45)NC(=O)OCc4ccccc4)ccc3c2=O)cc1.